The number of hydrogen-bond donors (Lipinski definition) is 0. The molecule has 1 heterocycles. The summed E-state index contributed by atoms with van der Waals surface area (Å²) >= 11 is 5.93. The summed E-state index contributed by atoms with van der Waals surface area (Å²) in [6.07, 6.45) is 0. The predicted octanol–water partition coefficient (Wildman–Crippen LogP) is 7.72. The molecule has 0 amide bonds. The Morgan fingerprint density at radius 1 is 0.567 bits per heavy atom. The highest BCUT2D eigenvalue weighted by Crippen LogP contribution is 2.26. The monoisotopic (exact) mass is 421 g/mol. The molecule has 154 valence electrons. The third kappa shape index (κ3) is 5.71. The van der Waals surface area contributed by atoms with Crippen molar-refractivity contribution in [2.45, 2.75) is 27.7 Å². The smallest absolute Gasteiger partial charge is 0.164 e. The van der Waals surface area contributed by atoms with E-state index in [4.69, 9.17) is 11.6 Å². The van der Waals surface area contributed by atoms with Gasteiger partial charge in [-0.2, -0.15) is 0 Å². The van der Waals surface area contributed by atoms with Crippen LogP contribution in [0.1, 0.15) is 27.7 Å². The predicted molar refractivity (Wildman–Crippen MR) is 124 cm³/mol. The van der Waals surface area contributed by atoms with Gasteiger partial charge < -0.3 is 0 Å². The lowest BCUT2D eigenvalue weighted by Gasteiger charge is -2.08. The molecule has 3 nitrogen and oxygen atoms in total. The van der Waals surface area contributed by atoms with Crippen molar-refractivity contribution in [2.75, 3.05) is 0 Å². The van der Waals surface area contributed by atoms with Gasteiger partial charge in [-0.05, 0) is 18.2 Å². The van der Waals surface area contributed by atoms with E-state index in [-0.39, 0.29) is 5.02 Å². The van der Waals surface area contributed by atoms with Crippen LogP contribution in [0, 0.1) is 5.82 Å². The molecule has 30 heavy (non-hydrogen) atoms. The molecule has 0 N–H and O–H groups in total. The average molecular weight is 422 g/mol. The van der Waals surface area contributed by atoms with Crippen LogP contribution in [0.2, 0.25) is 5.02 Å². The second kappa shape index (κ2) is 11.8. The van der Waals surface area contributed by atoms with E-state index in [9.17, 15) is 4.39 Å². The molecule has 0 saturated heterocycles. The minimum Gasteiger partial charge on any atom is -0.208 e. The Morgan fingerprint density at radius 3 is 1.37 bits per heavy atom. The lowest BCUT2D eigenvalue weighted by molar-refractivity contribution is 0.628. The van der Waals surface area contributed by atoms with Crippen LogP contribution in [-0.2, 0) is 0 Å². The third-order valence-corrected chi connectivity index (χ3v) is 4.17. The molecule has 0 atom stereocenters. The van der Waals surface area contributed by atoms with Gasteiger partial charge in [-0.15, -0.1) is 0 Å². The van der Waals surface area contributed by atoms with Crippen LogP contribution in [0.25, 0.3) is 34.2 Å². The van der Waals surface area contributed by atoms with Crippen LogP contribution in [0.5, 0.6) is 0 Å². The highest BCUT2D eigenvalue weighted by molar-refractivity contribution is 6.31. The van der Waals surface area contributed by atoms with Crippen molar-refractivity contribution in [3.63, 3.8) is 0 Å². The molecule has 0 aliphatic rings. The lowest BCUT2D eigenvalue weighted by Crippen LogP contribution is -2.00. The summed E-state index contributed by atoms with van der Waals surface area (Å²) in [4.78, 5) is 13.7. The summed E-state index contributed by atoms with van der Waals surface area (Å²) in [5, 5.41) is 0.0328. The molecule has 1 aromatic heterocycles. The molecule has 3 aromatic carbocycles. The second-order valence-electron chi connectivity index (χ2n) is 5.67. The van der Waals surface area contributed by atoms with Crippen LogP contribution in [0.4, 0.5) is 4.39 Å². The number of aromatic nitrogens is 3. The molecule has 4 aromatic rings. The zero-order chi connectivity index (χ0) is 21.9. The van der Waals surface area contributed by atoms with Gasteiger partial charge in [0.15, 0.2) is 17.5 Å². The summed E-state index contributed by atoms with van der Waals surface area (Å²) < 4.78 is 13.5. The van der Waals surface area contributed by atoms with Crippen molar-refractivity contribution in [2.24, 2.45) is 0 Å². The molecule has 0 aliphatic carbocycles. The highest BCUT2D eigenvalue weighted by Gasteiger charge is 2.13. The lowest BCUT2D eigenvalue weighted by atomic mass is 10.1. The summed E-state index contributed by atoms with van der Waals surface area (Å²) in [5.41, 5.74) is 2.39. The van der Waals surface area contributed by atoms with Crippen molar-refractivity contribution >= 4 is 11.6 Å². The van der Waals surface area contributed by atoms with Crippen LogP contribution in [0.3, 0.4) is 0 Å². The second-order valence-corrected chi connectivity index (χ2v) is 6.07. The Hall–Kier alpha value is -3.11. The van der Waals surface area contributed by atoms with Gasteiger partial charge >= 0.3 is 0 Å². The van der Waals surface area contributed by atoms with Crippen molar-refractivity contribution in [1.82, 2.24) is 15.0 Å². The first-order chi connectivity index (χ1) is 14.7. The zero-order valence-electron chi connectivity index (χ0n) is 17.6. The van der Waals surface area contributed by atoms with Crippen LogP contribution in [-0.4, -0.2) is 15.0 Å². The zero-order valence-corrected chi connectivity index (χ0v) is 18.4. The molecule has 0 radical (unpaired) electrons. The maximum absolute atomic E-state index is 13.5. The number of benzene rings is 3. The highest BCUT2D eigenvalue weighted by atomic mass is 35.5. The Kier molecular flexibility index (Phi) is 9.10. The van der Waals surface area contributed by atoms with Gasteiger partial charge in [-0.1, -0.05) is 100.0 Å². The Bertz CT molecular complexity index is 997. The molecule has 0 fully saturated rings. The maximum atomic E-state index is 13.5. The summed E-state index contributed by atoms with van der Waals surface area (Å²) in [7, 11) is 0. The number of halogens is 2. The van der Waals surface area contributed by atoms with Crippen LogP contribution >= 0.6 is 11.6 Å². The molecule has 5 heteroatoms. The Morgan fingerprint density at radius 2 is 0.967 bits per heavy atom. The van der Waals surface area contributed by atoms with Crippen LogP contribution in [0.15, 0.2) is 78.9 Å². The van der Waals surface area contributed by atoms with Crippen molar-refractivity contribution in [1.29, 1.82) is 0 Å². The Balaban J connectivity index is 0.000000757. The van der Waals surface area contributed by atoms with Gasteiger partial charge in [-0.25, -0.2) is 19.3 Å². The fraction of sp³-hybridized carbons (Fsp3) is 0.160. The standard InChI is InChI=1S/C21H13ClFN3.2C2H6/c22-17-13-16(11-12-18(17)23)21-25-19(14-7-3-1-4-8-14)24-20(26-21)15-9-5-2-6-10-15;2*1-2/h1-13H;2*1-2H3. The molecular formula is C25H25ClFN3. The number of rotatable bonds is 3. The average Bonchev–Trinajstić information content (AvgIpc) is 2.84. The molecule has 4 rings (SSSR count). The van der Waals surface area contributed by atoms with E-state index in [1.54, 1.807) is 6.07 Å². The minimum atomic E-state index is -0.476. The third-order valence-electron chi connectivity index (χ3n) is 3.88. The fourth-order valence-corrected chi connectivity index (χ4v) is 2.75. The van der Waals surface area contributed by atoms with Gasteiger partial charge in [0.1, 0.15) is 5.82 Å². The SMILES string of the molecule is CC.CC.Fc1ccc(-c2nc(-c3ccccc3)nc(-c3ccccc3)n2)cc1Cl. The van der Waals surface area contributed by atoms with Crippen molar-refractivity contribution in [3.05, 3.63) is 89.7 Å². The van der Waals surface area contributed by atoms with E-state index >= 15 is 0 Å². The molecule has 0 unspecified atom stereocenters. The van der Waals surface area contributed by atoms with E-state index < -0.39 is 5.82 Å². The summed E-state index contributed by atoms with van der Waals surface area (Å²) in [6, 6.07) is 23.8. The summed E-state index contributed by atoms with van der Waals surface area (Å²) in [5.74, 6) is 1.07. The molecular weight excluding hydrogens is 397 g/mol. The number of hydrogen-bond acceptors (Lipinski definition) is 3. The van der Waals surface area contributed by atoms with E-state index in [1.165, 1.54) is 12.1 Å². The molecule has 0 spiro atoms. The molecule has 0 saturated carbocycles. The minimum absolute atomic E-state index is 0.0328. The van der Waals surface area contributed by atoms with E-state index in [0.29, 0.717) is 23.0 Å². The van der Waals surface area contributed by atoms with Crippen molar-refractivity contribution in [3.8, 4) is 34.2 Å². The summed E-state index contributed by atoms with van der Waals surface area (Å²) in [6.45, 7) is 8.00. The number of nitrogens with zero attached hydrogens (tertiary/aromatic N) is 3. The first-order valence-electron chi connectivity index (χ1n) is 10.0. The molecule has 0 bridgehead atoms. The van der Waals surface area contributed by atoms with Crippen molar-refractivity contribution < 1.29 is 4.39 Å². The van der Waals surface area contributed by atoms with E-state index in [1.807, 2.05) is 88.4 Å². The van der Waals surface area contributed by atoms with Gasteiger partial charge in [0.25, 0.3) is 0 Å². The first-order valence-corrected chi connectivity index (χ1v) is 10.4. The Labute approximate surface area is 182 Å². The fourth-order valence-electron chi connectivity index (χ4n) is 2.57. The topological polar surface area (TPSA) is 38.7 Å². The maximum Gasteiger partial charge on any atom is 0.164 e. The quantitative estimate of drug-likeness (QED) is 0.340. The van der Waals surface area contributed by atoms with Gasteiger partial charge in [0.2, 0.25) is 0 Å². The van der Waals surface area contributed by atoms with Crippen LogP contribution < -0.4 is 0 Å². The van der Waals surface area contributed by atoms with Gasteiger partial charge in [0, 0.05) is 16.7 Å². The molecule has 0 aliphatic heterocycles. The van der Waals surface area contributed by atoms with E-state index in [0.717, 1.165) is 11.1 Å². The van der Waals surface area contributed by atoms with E-state index in [2.05, 4.69) is 15.0 Å². The van der Waals surface area contributed by atoms with Gasteiger partial charge in [0.05, 0.1) is 5.02 Å². The first kappa shape index (κ1) is 23.2. The largest absolute Gasteiger partial charge is 0.208 e. The van der Waals surface area contributed by atoms with Gasteiger partial charge in [-0.3, -0.25) is 0 Å². The normalized spacial score (nSPS) is 9.67.